The molecule has 2 atom stereocenters. The fourth-order valence-electron chi connectivity index (χ4n) is 4.39. The Morgan fingerprint density at radius 1 is 1.40 bits per heavy atom. The molecule has 3 rings (SSSR count). The van der Waals surface area contributed by atoms with Crippen LogP contribution >= 0.6 is 17.0 Å². The number of hydrogen-bond donors (Lipinski definition) is 1. The predicted octanol–water partition coefficient (Wildman–Crippen LogP) is 4.05. The lowest BCUT2D eigenvalue weighted by Gasteiger charge is -2.43. The van der Waals surface area contributed by atoms with Crippen molar-refractivity contribution in [2.45, 2.75) is 56.9 Å². The zero-order valence-electron chi connectivity index (χ0n) is 12.6. The molecule has 1 saturated heterocycles. The minimum Gasteiger partial charge on any atom is -0.508 e. The summed E-state index contributed by atoms with van der Waals surface area (Å²) < 4.78 is 0. The number of halogens is 1. The maximum atomic E-state index is 9.90. The van der Waals surface area contributed by atoms with Crippen molar-refractivity contribution in [2.24, 2.45) is 0 Å². The number of phenols is 1. The number of unbranched alkanes of at least 4 members (excludes halogenated alkanes) is 1. The summed E-state index contributed by atoms with van der Waals surface area (Å²) in [5.74, 6) is 0.435. The Morgan fingerprint density at radius 2 is 2.20 bits per heavy atom. The van der Waals surface area contributed by atoms with E-state index in [0.717, 1.165) is 0 Å². The number of rotatable bonds is 3. The van der Waals surface area contributed by atoms with Gasteiger partial charge in [0.25, 0.3) is 0 Å². The SMILES string of the molecule is Br.CCCC[C@]12CCN(C)[C@@H]1CCc1ccc(O)cc12. The van der Waals surface area contributed by atoms with Gasteiger partial charge in [0.15, 0.2) is 0 Å². The van der Waals surface area contributed by atoms with Gasteiger partial charge in [0.05, 0.1) is 0 Å². The molecular formula is C17H26BrNO. The summed E-state index contributed by atoms with van der Waals surface area (Å²) in [4.78, 5) is 2.54. The molecule has 3 heteroatoms. The highest BCUT2D eigenvalue weighted by atomic mass is 79.9. The molecule has 0 amide bonds. The second kappa shape index (κ2) is 6.07. The second-order valence-electron chi connectivity index (χ2n) is 6.39. The van der Waals surface area contributed by atoms with Crippen LogP contribution in [0.2, 0.25) is 0 Å². The smallest absolute Gasteiger partial charge is 0.115 e. The Bertz CT molecular complexity index is 476. The molecule has 0 bridgehead atoms. The number of hydrogen-bond acceptors (Lipinski definition) is 2. The quantitative estimate of drug-likeness (QED) is 0.897. The Hall–Kier alpha value is -0.540. The molecule has 0 saturated carbocycles. The van der Waals surface area contributed by atoms with E-state index in [4.69, 9.17) is 0 Å². The number of phenolic OH excluding ortho intramolecular Hbond substituents is 1. The first-order valence-electron chi connectivity index (χ1n) is 7.70. The van der Waals surface area contributed by atoms with E-state index in [0.29, 0.717) is 17.2 Å². The van der Waals surface area contributed by atoms with E-state index in [1.807, 2.05) is 6.07 Å². The Labute approximate surface area is 133 Å². The topological polar surface area (TPSA) is 23.5 Å². The molecule has 2 aliphatic rings. The first-order chi connectivity index (χ1) is 9.17. The summed E-state index contributed by atoms with van der Waals surface area (Å²) >= 11 is 0. The lowest BCUT2D eigenvalue weighted by molar-refractivity contribution is 0.204. The van der Waals surface area contributed by atoms with Gasteiger partial charge in [-0.1, -0.05) is 25.8 Å². The van der Waals surface area contributed by atoms with Crippen molar-refractivity contribution in [1.82, 2.24) is 4.90 Å². The lowest BCUT2D eigenvalue weighted by atomic mass is 9.64. The predicted molar refractivity (Wildman–Crippen MR) is 89.0 cm³/mol. The Balaban J connectivity index is 0.00000147. The molecule has 20 heavy (non-hydrogen) atoms. The van der Waals surface area contributed by atoms with E-state index in [9.17, 15) is 5.11 Å². The van der Waals surface area contributed by atoms with Crippen molar-refractivity contribution in [3.8, 4) is 5.75 Å². The average molecular weight is 340 g/mol. The van der Waals surface area contributed by atoms with Crippen LogP contribution in [-0.4, -0.2) is 29.6 Å². The summed E-state index contributed by atoms with van der Waals surface area (Å²) in [6.07, 6.45) is 7.52. The van der Waals surface area contributed by atoms with Crippen molar-refractivity contribution in [3.05, 3.63) is 29.3 Å². The highest BCUT2D eigenvalue weighted by Crippen LogP contribution is 2.50. The van der Waals surface area contributed by atoms with Crippen molar-refractivity contribution in [1.29, 1.82) is 0 Å². The average Bonchev–Trinajstić information content (AvgIpc) is 2.75. The van der Waals surface area contributed by atoms with Crippen LogP contribution in [0.25, 0.3) is 0 Å². The number of fused-ring (bicyclic) bond motifs is 3. The summed E-state index contributed by atoms with van der Waals surface area (Å²) in [6, 6.07) is 6.72. The number of benzene rings is 1. The number of aryl methyl sites for hydroxylation is 1. The molecule has 1 aliphatic carbocycles. The van der Waals surface area contributed by atoms with Crippen molar-refractivity contribution >= 4 is 17.0 Å². The van der Waals surface area contributed by atoms with Gasteiger partial charge in [-0.05, 0) is 62.5 Å². The lowest BCUT2D eigenvalue weighted by Crippen LogP contribution is -2.44. The van der Waals surface area contributed by atoms with Gasteiger partial charge < -0.3 is 10.0 Å². The minimum absolute atomic E-state index is 0. The van der Waals surface area contributed by atoms with E-state index in [1.165, 1.54) is 56.2 Å². The van der Waals surface area contributed by atoms with Gasteiger partial charge in [-0.3, -0.25) is 0 Å². The van der Waals surface area contributed by atoms with Gasteiger partial charge in [0.2, 0.25) is 0 Å². The van der Waals surface area contributed by atoms with Gasteiger partial charge >= 0.3 is 0 Å². The summed E-state index contributed by atoms with van der Waals surface area (Å²) in [5.41, 5.74) is 3.22. The fourth-order valence-corrected chi connectivity index (χ4v) is 4.39. The van der Waals surface area contributed by atoms with Gasteiger partial charge in [-0.2, -0.15) is 0 Å². The zero-order valence-corrected chi connectivity index (χ0v) is 14.3. The molecular weight excluding hydrogens is 314 g/mol. The van der Waals surface area contributed by atoms with E-state index < -0.39 is 0 Å². The first-order valence-corrected chi connectivity index (χ1v) is 7.70. The van der Waals surface area contributed by atoms with Crippen LogP contribution in [0, 0.1) is 0 Å². The second-order valence-corrected chi connectivity index (χ2v) is 6.39. The molecule has 1 N–H and O–H groups in total. The molecule has 1 aromatic rings. The summed E-state index contributed by atoms with van der Waals surface area (Å²) in [6.45, 7) is 3.47. The standard InChI is InChI=1S/C17H25NO.BrH/c1-3-4-9-17-10-11-18(2)16(17)8-6-13-5-7-14(19)12-15(13)17;/h5,7,12,16,19H,3-4,6,8-11H2,1-2H3;1H/t16-,17-;/m1./s1. The molecule has 1 aromatic carbocycles. The van der Waals surface area contributed by atoms with Crippen molar-refractivity contribution in [2.75, 3.05) is 13.6 Å². The van der Waals surface area contributed by atoms with Gasteiger partial charge in [0, 0.05) is 11.5 Å². The van der Waals surface area contributed by atoms with E-state index >= 15 is 0 Å². The van der Waals surface area contributed by atoms with Crippen LogP contribution in [0.4, 0.5) is 0 Å². The maximum absolute atomic E-state index is 9.90. The van der Waals surface area contributed by atoms with E-state index in [1.54, 1.807) is 0 Å². The largest absolute Gasteiger partial charge is 0.508 e. The number of nitrogens with zero attached hydrogens (tertiary/aromatic N) is 1. The van der Waals surface area contributed by atoms with Gasteiger partial charge in [-0.25, -0.2) is 0 Å². The minimum atomic E-state index is 0. The van der Waals surface area contributed by atoms with Crippen LogP contribution in [0.15, 0.2) is 18.2 Å². The fraction of sp³-hybridized carbons (Fsp3) is 0.647. The van der Waals surface area contributed by atoms with Crippen LogP contribution < -0.4 is 0 Å². The molecule has 2 nitrogen and oxygen atoms in total. The van der Waals surface area contributed by atoms with E-state index in [-0.39, 0.29) is 17.0 Å². The summed E-state index contributed by atoms with van der Waals surface area (Å²) in [7, 11) is 2.27. The molecule has 0 aromatic heterocycles. The molecule has 1 aliphatic heterocycles. The van der Waals surface area contributed by atoms with Gasteiger partial charge in [0.1, 0.15) is 5.75 Å². The first kappa shape index (κ1) is 15.8. The normalized spacial score (nSPS) is 28.6. The van der Waals surface area contributed by atoms with Crippen LogP contribution in [0.5, 0.6) is 5.75 Å². The molecule has 1 fully saturated rings. The Morgan fingerprint density at radius 3 is 2.95 bits per heavy atom. The molecule has 112 valence electrons. The summed E-state index contributed by atoms with van der Waals surface area (Å²) in [5, 5.41) is 9.90. The number of likely N-dealkylation sites (tertiary alicyclic amines) is 1. The number of aromatic hydroxyl groups is 1. The molecule has 0 radical (unpaired) electrons. The van der Waals surface area contributed by atoms with E-state index in [2.05, 4.69) is 31.0 Å². The third kappa shape index (κ3) is 2.39. The monoisotopic (exact) mass is 339 g/mol. The Kier molecular flexibility index (Phi) is 4.80. The highest BCUT2D eigenvalue weighted by Gasteiger charge is 2.49. The van der Waals surface area contributed by atoms with Crippen LogP contribution in [0.1, 0.15) is 50.2 Å². The third-order valence-corrected chi connectivity index (χ3v) is 5.37. The van der Waals surface area contributed by atoms with Crippen LogP contribution in [0.3, 0.4) is 0 Å². The highest BCUT2D eigenvalue weighted by molar-refractivity contribution is 8.93. The zero-order chi connectivity index (χ0) is 13.5. The third-order valence-electron chi connectivity index (χ3n) is 5.37. The van der Waals surface area contributed by atoms with Crippen LogP contribution in [-0.2, 0) is 11.8 Å². The maximum Gasteiger partial charge on any atom is 0.115 e. The van der Waals surface area contributed by atoms with Crippen molar-refractivity contribution in [3.63, 3.8) is 0 Å². The number of likely N-dealkylation sites (N-methyl/N-ethyl adjacent to an activating group) is 1. The van der Waals surface area contributed by atoms with Crippen molar-refractivity contribution < 1.29 is 5.11 Å². The molecule has 0 unspecified atom stereocenters. The van der Waals surface area contributed by atoms with Gasteiger partial charge in [-0.15, -0.1) is 17.0 Å². The molecule has 0 spiro atoms. The molecule has 1 heterocycles.